The Morgan fingerprint density at radius 2 is 2.18 bits per heavy atom. The summed E-state index contributed by atoms with van der Waals surface area (Å²) in [7, 11) is 0. The van der Waals surface area contributed by atoms with Crippen molar-refractivity contribution in [2.24, 2.45) is 0 Å². The number of anilines is 1. The fourth-order valence-electron chi connectivity index (χ4n) is 4.88. The molecule has 9 nitrogen and oxygen atoms in total. The van der Waals surface area contributed by atoms with Gasteiger partial charge in [0.25, 0.3) is 0 Å². The van der Waals surface area contributed by atoms with Crippen LogP contribution in [0.1, 0.15) is 26.7 Å². The van der Waals surface area contributed by atoms with E-state index in [2.05, 4.69) is 51.6 Å². The molecule has 1 atom stereocenters. The number of carbonyl (C=O) groups is 1. The number of ether oxygens (including phenoxy) is 1. The van der Waals surface area contributed by atoms with Crippen LogP contribution in [0.2, 0.25) is 0 Å². The lowest BCUT2D eigenvalue weighted by Crippen LogP contribution is -2.57. The van der Waals surface area contributed by atoms with E-state index in [-0.39, 0.29) is 17.5 Å². The van der Waals surface area contributed by atoms with E-state index in [1.54, 1.807) is 16.8 Å². The lowest BCUT2D eigenvalue weighted by molar-refractivity contribution is -0.119. The predicted molar refractivity (Wildman–Crippen MR) is 129 cm³/mol. The topological polar surface area (TPSA) is 96.9 Å². The fraction of sp³-hybridized carbons (Fsp3) is 0.400. The average molecular weight is 461 g/mol. The number of benzene rings is 1. The molecule has 6 rings (SSSR count). The van der Waals surface area contributed by atoms with Gasteiger partial charge in [-0.15, -0.1) is 5.10 Å². The number of amides is 1. The van der Waals surface area contributed by atoms with Gasteiger partial charge in [0.2, 0.25) is 11.8 Å². The maximum atomic E-state index is 11.4. The molecule has 34 heavy (non-hydrogen) atoms. The van der Waals surface area contributed by atoms with Crippen molar-refractivity contribution < 1.29 is 13.9 Å². The maximum absolute atomic E-state index is 11.4. The SMILES string of the molecule is CC1(C)CN(c2cccc3oc(-c4cnc5ccc(OC[C@H]6CCC(=O)N6)nn45)cc23)CCN1. The molecule has 0 radical (unpaired) electrons. The number of nitrogens with one attached hydrogen (secondary N) is 2. The summed E-state index contributed by atoms with van der Waals surface area (Å²) in [6.45, 7) is 7.66. The maximum Gasteiger partial charge on any atom is 0.231 e. The van der Waals surface area contributed by atoms with E-state index in [0.717, 1.165) is 42.7 Å². The Morgan fingerprint density at radius 1 is 1.26 bits per heavy atom. The molecule has 176 valence electrons. The summed E-state index contributed by atoms with van der Waals surface area (Å²) >= 11 is 0. The van der Waals surface area contributed by atoms with Crippen molar-refractivity contribution >= 4 is 28.2 Å². The molecule has 5 heterocycles. The van der Waals surface area contributed by atoms with Crippen molar-refractivity contribution in [3.05, 3.63) is 42.6 Å². The highest BCUT2D eigenvalue weighted by Crippen LogP contribution is 2.35. The number of furan rings is 1. The summed E-state index contributed by atoms with van der Waals surface area (Å²) in [5.41, 5.74) is 3.53. The highest BCUT2D eigenvalue weighted by molar-refractivity contribution is 5.94. The second-order valence-electron chi connectivity index (χ2n) is 9.73. The number of nitrogens with zero attached hydrogens (tertiary/aromatic N) is 4. The standard InChI is InChI=1S/C25H28N6O3/c1-25(2)15-30(11-10-27-25)18-4-3-5-20-17(18)12-21(34-20)19-13-26-22-7-9-24(29-31(19)22)33-14-16-6-8-23(32)28-16/h3-5,7,9,12-13,16,27H,6,8,10-11,14-15H2,1-2H3,(H,28,32)/t16-/m1/s1. The zero-order chi connectivity index (χ0) is 23.3. The van der Waals surface area contributed by atoms with E-state index in [0.29, 0.717) is 30.3 Å². The van der Waals surface area contributed by atoms with Crippen LogP contribution in [-0.4, -0.2) is 58.3 Å². The Hall–Kier alpha value is -3.59. The first-order chi connectivity index (χ1) is 16.4. The van der Waals surface area contributed by atoms with Crippen LogP contribution >= 0.6 is 0 Å². The van der Waals surface area contributed by atoms with Crippen LogP contribution in [-0.2, 0) is 4.79 Å². The fourth-order valence-corrected chi connectivity index (χ4v) is 4.88. The number of rotatable bonds is 5. The molecule has 2 fully saturated rings. The summed E-state index contributed by atoms with van der Waals surface area (Å²) in [5.74, 6) is 1.26. The van der Waals surface area contributed by atoms with E-state index in [4.69, 9.17) is 9.15 Å². The Labute approximate surface area is 197 Å². The zero-order valence-corrected chi connectivity index (χ0v) is 19.4. The third-order valence-corrected chi connectivity index (χ3v) is 6.56. The van der Waals surface area contributed by atoms with Gasteiger partial charge in [-0.25, -0.2) is 9.50 Å². The molecule has 4 aromatic rings. The third kappa shape index (κ3) is 3.86. The molecule has 2 aliphatic rings. The number of hydrogen-bond donors (Lipinski definition) is 2. The van der Waals surface area contributed by atoms with Crippen molar-refractivity contribution in [1.29, 1.82) is 0 Å². The van der Waals surface area contributed by atoms with Gasteiger partial charge in [-0.05, 0) is 44.5 Å². The summed E-state index contributed by atoms with van der Waals surface area (Å²) in [5, 5.41) is 12.2. The Kier molecular flexibility index (Phi) is 4.95. The highest BCUT2D eigenvalue weighted by atomic mass is 16.5. The largest absolute Gasteiger partial charge is 0.474 e. The summed E-state index contributed by atoms with van der Waals surface area (Å²) in [6, 6.07) is 12.0. The van der Waals surface area contributed by atoms with E-state index < -0.39 is 0 Å². The van der Waals surface area contributed by atoms with E-state index in [1.165, 1.54) is 5.69 Å². The molecule has 1 amide bonds. The smallest absolute Gasteiger partial charge is 0.231 e. The minimum Gasteiger partial charge on any atom is -0.474 e. The first-order valence-corrected chi connectivity index (χ1v) is 11.8. The number of hydrogen-bond acceptors (Lipinski definition) is 7. The molecule has 0 bridgehead atoms. The molecule has 0 aliphatic carbocycles. The van der Waals surface area contributed by atoms with Gasteiger partial charge in [0.15, 0.2) is 11.4 Å². The third-order valence-electron chi connectivity index (χ3n) is 6.56. The predicted octanol–water partition coefficient (Wildman–Crippen LogP) is 2.99. The van der Waals surface area contributed by atoms with Crippen molar-refractivity contribution in [2.45, 2.75) is 38.3 Å². The molecular formula is C25H28N6O3. The van der Waals surface area contributed by atoms with E-state index in [9.17, 15) is 4.79 Å². The quantitative estimate of drug-likeness (QED) is 0.473. The molecule has 0 spiro atoms. The Balaban J connectivity index is 1.31. The van der Waals surface area contributed by atoms with Gasteiger partial charge in [0.1, 0.15) is 17.9 Å². The van der Waals surface area contributed by atoms with Gasteiger partial charge in [-0.2, -0.15) is 0 Å². The average Bonchev–Trinajstić information content (AvgIpc) is 3.54. The van der Waals surface area contributed by atoms with Crippen LogP contribution in [0.5, 0.6) is 5.88 Å². The van der Waals surface area contributed by atoms with Gasteiger partial charge >= 0.3 is 0 Å². The van der Waals surface area contributed by atoms with Gasteiger partial charge < -0.3 is 24.7 Å². The minimum atomic E-state index is 0.0241. The summed E-state index contributed by atoms with van der Waals surface area (Å²) in [4.78, 5) is 18.3. The molecule has 2 saturated heterocycles. The number of fused-ring (bicyclic) bond motifs is 2. The molecule has 3 aromatic heterocycles. The normalized spacial score (nSPS) is 20.2. The van der Waals surface area contributed by atoms with Crippen LogP contribution in [0.3, 0.4) is 0 Å². The lowest BCUT2D eigenvalue weighted by Gasteiger charge is -2.40. The number of piperazine rings is 1. The summed E-state index contributed by atoms with van der Waals surface area (Å²) < 4.78 is 13.9. The molecule has 2 N–H and O–H groups in total. The second-order valence-corrected chi connectivity index (χ2v) is 9.73. The van der Waals surface area contributed by atoms with Gasteiger partial charge in [0, 0.05) is 48.7 Å². The minimum absolute atomic E-state index is 0.0241. The number of aromatic nitrogens is 3. The first-order valence-electron chi connectivity index (χ1n) is 11.8. The van der Waals surface area contributed by atoms with Crippen molar-refractivity contribution in [3.8, 4) is 17.3 Å². The number of carbonyl (C=O) groups excluding carboxylic acids is 1. The lowest BCUT2D eigenvalue weighted by atomic mass is 10.0. The van der Waals surface area contributed by atoms with E-state index >= 15 is 0 Å². The van der Waals surface area contributed by atoms with Gasteiger partial charge in [0.05, 0.1) is 12.2 Å². The molecule has 2 aliphatic heterocycles. The monoisotopic (exact) mass is 460 g/mol. The van der Waals surface area contributed by atoms with Crippen molar-refractivity contribution in [3.63, 3.8) is 0 Å². The van der Waals surface area contributed by atoms with Crippen LogP contribution in [0, 0.1) is 0 Å². The zero-order valence-electron chi connectivity index (χ0n) is 19.4. The molecule has 0 unspecified atom stereocenters. The molecule has 1 aromatic carbocycles. The van der Waals surface area contributed by atoms with Crippen LogP contribution in [0.25, 0.3) is 28.1 Å². The van der Waals surface area contributed by atoms with Crippen LogP contribution < -0.4 is 20.3 Å². The molecular weight excluding hydrogens is 432 g/mol. The summed E-state index contributed by atoms with van der Waals surface area (Å²) in [6.07, 6.45) is 3.10. The van der Waals surface area contributed by atoms with Crippen molar-refractivity contribution in [1.82, 2.24) is 25.2 Å². The van der Waals surface area contributed by atoms with Gasteiger partial charge in [-0.3, -0.25) is 4.79 Å². The Bertz CT molecular complexity index is 1370. The van der Waals surface area contributed by atoms with Crippen LogP contribution in [0.15, 0.2) is 47.0 Å². The second kappa shape index (κ2) is 8.02. The van der Waals surface area contributed by atoms with Crippen LogP contribution in [0.4, 0.5) is 5.69 Å². The number of imidazole rings is 1. The molecule has 0 saturated carbocycles. The van der Waals surface area contributed by atoms with E-state index in [1.807, 2.05) is 18.2 Å². The molecule has 9 heteroatoms. The highest BCUT2D eigenvalue weighted by Gasteiger charge is 2.27. The van der Waals surface area contributed by atoms with Crippen molar-refractivity contribution in [2.75, 3.05) is 31.1 Å². The van der Waals surface area contributed by atoms with Gasteiger partial charge in [-0.1, -0.05) is 6.07 Å². The first kappa shape index (κ1) is 21.0. The Morgan fingerprint density at radius 3 is 3.00 bits per heavy atom.